The van der Waals surface area contributed by atoms with Crippen molar-refractivity contribution in [1.82, 2.24) is 17.5 Å². The molecule has 0 spiro atoms. The van der Waals surface area contributed by atoms with Crippen molar-refractivity contribution in [1.29, 1.82) is 0 Å². The van der Waals surface area contributed by atoms with Crippen LogP contribution in [0.4, 0.5) is 68.2 Å². The zero-order valence-corrected chi connectivity index (χ0v) is 52.5. The molecule has 0 unspecified atom stereocenters. The van der Waals surface area contributed by atoms with Gasteiger partial charge in [0.15, 0.2) is 0 Å². The summed E-state index contributed by atoms with van der Waals surface area (Å²) in [4.78, 5) is 9.18. The second-order valence-corrected chi connectivity index (χ2v) is 23.9. The van der Waals surface area contributed by atoms with Gasteiger partial charge in [0.1, 0.15) is 22.1 Å². The summed E-state index contributed by atoms with van der Waals surface area (Å²) in [5, 5.41) is 0. The summed E-state index contributed by atoms with van der Waals surface area (Å²) in [5.41, 5.74) is 25.7. The predicted molar refractivity (Wildman–Crippen MR) is 394 cm³/mol. The number of rotatable bonds is 17. The summed E-state index contributed by atoms with van der Waals surface area (Å²) < 4.78 is 21.1. The van der Waals surface area contributed by atoms with Gasteiger partial charge in [-0.1, -0.05) is 194 Å². The number of fused-ring (bicyclic) bond motifs is 2. The van der Waals surface area contributed by atoms with Crippen LogP contribution in [0.2, 0.25) is 0 Å². The summed E-state index contributed by atoms with van der Waals surface area (Å²) in [7, 11) is 0. The van der Waals surface area contributed by atoms with Crippen LogP contribution in [0.15, 0.2) is 352 Å². The van der Waals surface area contributed by atoms with Crippen molar-refractivity contribution in [3.05, 3.63) is 352 Å². The molecular formula is C84H58N8S2. The number of para-hydroxylation sites is 8. The molecule has 0 aliphatic heterocycles. The minimum atomic E-state index is 0.805. The lowest BCUT2D eigenvalue weighted by atomic mass is 9.83. The van der Waals surface area contributed by atoms with Gasteiger partial charge in [-0.15, -0.1) is 0 Å². The first-order valence-electron chi connectivity index (χ1n) is 31.3. The molecule has 0 fully saturated rings. The van der Waals surface area contributed by atoms with Gasteiger partial charge in [0.25, 0.3) is 0 Å². The van der Waals surface area contributed by atoms with Crippen LogP contribution in [0, 0.1) is 0 Å². The molecule has 0 radical (unpaired) electrons. The number of hydrogen-bond acceptors (Lipinski definition) is 10. The maximum atomic E-state index is 5.32. The average Bonchev–Trinajstić information content (AvgIpc) is 1.42. The molecule has 0 amide bonds. The fourth-order valence-corrected chi connectivity index (χ4v) is 14.0. The van der Waals surface area contributed by atoms with Gasteiger partial charge >= 0.3 is 0 Å². The van der Waals surface area contributed by atoms with Crippen molar-refractivity contribution in [3.63, 3.8) is 0 Å². The molecule has 0 atom stereocenters. The number of nitrogens with zero attached hydrogens (tertiary/aromatic N) is 8. The third-order valence-electron chi connectivity index (χ3n) is 17.2. The van der Waals surface area contributed by atoms with Crippen LogP contribution >= 0.6 is 23.5 Å². The summed E-state index contributed by atoms with van der Waals surface area (Å²) >= 11 is 2.48. The van der Waals surface area contributed by atoms with Gasteiger partial charge in [-0.25, -0.2) is 0 Å². The Morgan fingerprint density at radius 1 is 0.170 bits per heavy atom. The van der Waals surface area contributed by atoms with Crippen molar-refractivity contribution in [2.75, 3.05) is 19.6 Å². The van der Waals surface area contributed by atoms with E-state index in [1.54, 1.807) is 0 Å². The zero-order valence-electron chi connectivity index (χ0n) is 50.9. The molecule has 2 heterocycles. The van der Waals surface area contributed by atoms with E-state index in [0.717, 1.165) is 146 Å². The third kappa shape index (κ3) is 11.1. The van der Waals surface area contributed by atoms with E-state index < -0.39 is 0 Å². The van der Waals surface area contributed by atoms with E-state index >= 15 is 0 Å². The van der Waals surface area contributed by atoms with E-state index in [0.29, 0.717) is 0 Å². The fourth-order valence-electron chi connectivity index (χ4n) is 12.9. The second-order valence-electron chi connectivity index (χ2n) is 22.8. The number of aromatic nitrogens is 4. The standard InChI is InChI=1S/C84H58N8S2/c1-9-25-63(26-10-1)89(64-27-11-2-12-28-64)71-49-41-59(42-50-71)75-57-77(79(83-81(75)85-93-87-83)61-45-53-73(54-46-61)91(67-33-17-5-18-34-67)68-35-19-6-20-36-68)78-58-76(60-43-51-72(52-44-60)90(65-29-13-3-14-30-65)66-31-15-4-16-32-66)82-84(88-94-86-82)80(78)62-47-55-74(56-48-62)92(69-37-21-7-22-38-69)70-39-23-8-24-40-70/h1-58H. The smallest absolute Gasteiger partial charge is 0.113 e. The Kier molecular flexibility index (Phi) is 15.6. The molecule has 446 valence electrons. The molecule has 0 saturated carbocycles. The number of anilines is 12. The lowest BCUT2D eigenvalue weighted by Crippen LogP contribution is -2.09. The van der Waals surface area contributed by atoms with Crippen LogP contribution < -0.4 is 19.6 Å². The minimum absolute atomic E-state index is 0.805. The van der Waals surface area contributed by atoms with E-state index in [2.05, 4.69) is 371 Å². The fraction of sp³-hybridized carbons (Fsp3) is 0. The summed E-state index contributed by atoms with van der Waals surface area (Å²) in [6.45, 7) is 0. The average molecular weight is 1240 g/mol. The molecule has 0 N–H and O–H groups in total. The highest BCUT2D eigenvalue weighted by Crippen LogP contribution is 2.51. The molecule has 94 heavy (non-hydrogen) atoms. The Labute approximate surface area is 554 Å². The van der Waals surface area contributed by atoms with Gasteiger partial charge in [-0.05, 0) is 191 Å². The van der Waals surface area contributed by atoms with E-state index in [-0.39, 0.29) is 0 Å². The Hall–Kier alpha value is -12.1. The topological polar surface area (TPSA) is 64.5 Å². The van der Waals surface area contributed by atoms with Crippen LogP contribution in [0.3, 0.4) is 0 Å². The first-order chi connectivity index (χ1) is 46.7. The quantitative estimate of drug-likeness (QED) is 0.0894. The Morgan fingerprint density at radius 2 is 0.351 bits per heavy atom. The maximum Gasteiger partial charge on any atom is 0.113 e. The van der Waals surface area contributed by atoms with Crippen molar-refractivity contribution in [2.24, 2.45) is 0 Å². The minimum Gasteiger partial charge on any atom is -0.311 e. The van der Waals surface area contributed by atoms with Crippen LogP contribution in [-0.4, -0.2) is 17.5 Å². The van der Waals surface area contributed by atoms with E-state index in [1.807, 2.05) is 0 Å². The van der Waals surface area contributed by atoms with Crippen molar-refractivity contribution in [2.45, 2.75) is 0 Å². The van der Waals surface area contributed by atoms with Gasteiger partial charge < -0.3 is 19.6 Å². The molecule has 14 aromatic carbocycles. The molecule has 0 bridgehead atoms. The van der Waals surface area contributed by atoms with E-state index in [4.69, 9.17) is 17.5 Å². The lowest BCUT2D eigenvalue weighted by molar-refractivity contribution is 1.28. The Balaban J connectivity index is 0.928. The number of hydrogen-bond donors (Lipinski definition) is 0. The molecule has 0 aliphatic rings. The first kappa shape index (κ1) is 57.1. The van der Waals surface area contributed by atoms with Gasteiger partial charge in [0, 0.05) is 90.5 Å². The molecule has 2 aromatic heterocycles. The van der Waals surface area contributed by atoms with Crippen LogP contribution in [-0.2, 0) is 0 Å². The molecular weight excluding hydrogens is 1190 g/mol. The molecule has 10 heteroatoms. The zero-order chi connectivity index (χ0) is 62.6. The van der Waals surface area contributed by atoms with Crippen LogP contribution in [0.25, 0.3) is 77.7 Å². The highest BCUT2D eigenvalue weighted by Gasteiger charge is 2.28. The third-order valence-corrected chi connectivity index (χ3v) is 18.2. The van der Waals surface area contributed by atoms with Gasteiger partial charge in [0.2, 0.25) is 0 Å². The van der Waals surface area contributed by atoms with Gasteiger partial charge in [-0.2, -0.15) is 17.5 Å². The summed E-state index contributed by atoms with van der Waals surface area (Å²) in [6.07, 6.45) is 0. The van der Waals surface area contributed by atoms with E-state index in [9.17, 15) is 0 Å². The maximum absolute atomic E-state index is 5.32. The monoisotopic (exact) mass is 1240 g/mol. The Bertz CT molecular complexity index is 4710. The largest absolute Gasteiger partial charge is 0.311 e. The van der Waals surface area contributed by atoms with Crippen molar-refractivity contribution >= 4 is 114 Å². The molecule has 0 aliphatic carbocycles. The second kappa shape index (κ2) is 25.7. The SMILES string of the molecule is c1ccc(N(c2ccccc2)c2ccc(-c3cc(-c4cc(-c5ccc(N(c6ccccc6)c6ccccc6)cc5)c5nsnc5c4-c4ccc(N(c5ccccc5)c5ccccc5)cc4)c(-c4ccc(N(c5ccccc5)c5ccccc5)cc4)c4nsnc34)cc2)cc1. The van der Waals surface area contributed by atoms with E-state index in [1.165, 1.54) is 23.5 Å². The molecule has 0 saturated heterocycles. The highest BCUT2D eigenvalue weighted by molar-refractivity contribution is 7.00. The molecule has 8 nitrogen and oxygen atoms in total. The van der Waals surface area contributed by atoms with Crippen LogP contribution in [0.5, 0.6) is 0 Å². The Morgan fingerprint density at radius 3 is 0.564 bits per heavy atom. The van der Waals surface area contributed by atoms with Crippen LogP contribution in [0.1, 0.15) is 0 Å². The first-order valence-corrected chi connectivity index (χ1v) is 32.7. The highest BCUT2D eigenvalue weighted by atomic mass is 32.1. The molecule has 16 rings (SSSR count). The lowest BCUT2D eigenvalue weighted by Gasteiger charge is -2.26. The molecule has 16 aromatic rings. The van der Waals surface area contributed by atoms with Gasteiger partial charge in [-0.3, -0.25) is 0 Å². The summed E-state index contributed by atoms with van der Waals surface area (Å²) in [5.74, 6) is 0. The summed E-state index contributed by atoms with van der Waals surface area (Å²) in [6, 6.07) is 125. The normalized spacial score (nSPS) is 11.2. The van der Waals surface area contributed by atoms with Crippen molar-refractivity contribution in [3.8, 4) is 55.6 Å². The number of benzene rings is 14. The predicted octanol–water partition coefficient (Wildman–Crippen LogP) is 23.9. The van der Waals surface area contributed by atoms with Crippen molar-refractivity contribution < 1.29 is 0 Å². The van der Waals surface area contributed by atoms with Gasteiger partial charge in [0.05, 0.1) is 23.5 Å².